The van der Waals surface area contributed by atoms with Gasteiger partial charge in [0.2, 0.25) is 6.10 Å². The third-order valence-electron chi connectivity index (χ3n) is 2.45. The third-order valence-corrected chi connectivity index (χ3v) is 3.70. The Labute approximate surface area is 104 Å². The van der Waals surface area contributed by atoms with Gasteiger partial charge >= 0.3 is 5.97 Å². The molecule has 1 rings (SSSR count). The van der Waals surface area contributed by atoms with E-state index >= 15 is 0 Å². The van der Waals surface area contributed by atoms with E-state index in [4.69, 9.17) is 9.94 Å². The molecule has 17 heavy (non-hydrogen) atoms. The lowest BCUT2D eigenvalue weighted by atomic mass is 10.1. The van der Waals surface area contributed by atoms with Gasteiger partial charge in [-0.2, -0.15) is 11.8 Å². The number of carbonyl (C=O) groups excluding carboxylic acids is 1. The van der Waals surface area contributed by atoms with Gasteiger partial charge in [-0.1, -0.05) is 5.16 Å². The van der Waals surface area contributed by atoms with Gasteiger partial charge in [0, 0.05) is 17.7 Å². The fourth-order valence-corrected chi connectivity index (χ4v) is 1.35. The molecule has 0 radical (unpaired) electrons. The molecule has 7 heteroatoms. The first-order chi connectivity index (χ1) is 7.85. The van der Waals surface area contributed by atoms with Gasteiger partial charge < -0.3 is 15.3 Å². The first-order valence-corrected chi connectivity index (χ1v) is 6.37. The number of carboxylic acid groups (broad SMARTS) is 1. The SMILES string of the molecule is CSC(C)(C)CNC(=O)C1CC(C(=O)O)=NO1. The van der Waals surface area contributed by atoms with Crippen LogP contribution in [0.4, 0.5) is 0 Å². The van der Waals surface area contributed by atoms with Gasteiger partial charge in [-0.3, -0.25) is 4.79 Å². The first kappa shape index (κ1) is 13.8. The monoisotopic (exact) mass is 260 g/mol. The number of thioether (sulfide) groups is 1. The first-order valence-electron chi connectivity index (χ1n) is 5.14. The van der Waals surface area contributed by atoms with Crippen LogP contribution in [-0.2, 0) is 14.4 Å². The minimum absolute atomic E-state index is 0.0147. The predicted molar refractivity (Wildman–Crippen MR) is 65.2 cm³/mol. The molecule has 1 unspecified atom stereocenters. The second kappa shape index (κ2) is 5.39. The summed E-state index contributed by atoms with van der Waals surface area (Å²) in [4.78, 5) is 27.0. The van der Waals surface area contributed by atoms with Crippen LogP contribution in [-0.4, -0.2) is 46.3 Å². The van der Waals surface area contributed by atoms with Crippen LogP contribution in [0.5, 0.6) is 0 Å². The van der Waals surface area contributed by atoms with Crippen molar-refractivity contribution in [2.24, 2.45) is 5.16 Å². The van der Waals surface area contributed by atoms with Gasteiger partial charge in [0.15, 0.2) is 5.71 Å². The Hall–Kier alpha value is -1.24. The standard InChI is InChI=1S/C10H16N2O4S/c1-10(2,17-3)5-11-8(13)7-4-6(9(14)15)12-16-7/h7H,4-5H2,1-3H3,(H,11,13)(H,14,15). The molecule has 0 fully saturated rings. The zero-order chi connectivity index (χ0) is 13.1. The van der Waals surface area contributed by atoms with Gasteiger partial charge in [-0.05, 0) is 20.1 Å². The van der Waals surface area contributed by atoms with E-state index in [0.29, 0.717) is 6.54 Å². The van der Waals surface area contributed by atoms with Crippen LogP contribution in [0, 0.1) is 0 Å². The van der Waals surface area contributed by atoms with Gasteiger partial charge in [0.05, 0.1) is 0 Å². The summed E-state index contributed by atoms with van der Waals surface area (Å²) < 4.78 is -0.0647. The summed E-state index contributed by atoms with van der Waals surface area (Å²) in [5, 5.41) is 14.7. The van der Waals surface area contributed by atoms with E-state index in [2.05, 4.69) is 10.5 Å². The van der Waals surface area contributed by atoms with E-state index in [1.807, 2.05) is 20.1 Å². The van der Waals surface area contributed by atoms with Crippen molar-refractivity contribution in [1.82, 2.24) is 5.32 Å². The van der Waals surface area contributed by atoms with Crippen molar-refractivity contribution in [1.29, 1.82) is 0 Å². The number of rotatable bonds is 5. The molecule has 1 amide bonds. The van der Waals surface area contributed by atoms with Crippen molar-refractivity contribution in [3.63, 3.8) is 0 Å². The topological polar surface area (TPSA) is 88.0 Å². The van der Waals surface area contributed by atoms with E-state index < -0.39 is 12.1 Å². The lowest BCUT2D eigenvalue weighted by Crippen LogP contribution is -2.41. The smallest absolute Gasteiger partial charge is 0.353 e. The number of carbonyl (C=O) groups is 2. The normalized spacial score (nSPS) is 19.5. The van der Waals surface area contributed by atoms with Crippen molar-refractivity contribution in [3.8, 4) is 0 Å². The summed E-state index contributed by atoms with van der Waals surface area (Å²) in [6.07, 6.45) is 1.16. The van der Waals surface area contributed by atoms with Gasteiger partial charge in [-0.25, -0.2) is 4.79 Å². The molecule has 1 aliphatic rings. The second-order valence-corrected chi connectivity index (χ2v) is 5.84. The Kier molecular flexibility index (Phi) is 4.39. The molecule has 1 atom stereocenters. The highest BCUT2D eigenvalue weighted by atomic mass is 32.2. The van der Waals surface area contributed by atoms with Crippen LogP contribution in [0.25, 0.3) is 0 Å². The molecule has 0 aromatic carbocycles. The van der Waals surface area contributed by atoms with Crippen LogP contribution in [0.3, 0.4) is 0 Å². The number of oxime groups is 1. The summed E-state index contributed by atoms with van der Waals surface area (Å²) in [7, 11) is 0. The maximum atomic E-state index is 11.7. The molecular formula is C10H16N2O4S. The van der Waals surface area contributed by atoms with Gasteiger partial charge in [-0.15, -0.1) is 0 Å². The molecule has 0 aromatic rings. The summed E-state index contributed by atoms with van der Waals surface area (Å²) in [5.74, 6) is -1.48. The summed E-state index contributed by atoms with van der Waals surface area (Å²) in [6.45, 7) is 4.51. The number of carboxylic acids is 1. The van der Waals surface area contributed by atoms with Crippen molar-refractivity contribution < 1.29 is 19.5 Å². The van der Waals surface area contributed by atoms with E-state index in [9.17, 15) is 9.59 Å². The number of hydrogen-bond donors (Lipinski definition) is 2. The zero-order valence-corrected chi connectivity index (χ0v) is 10.8. The molecule has 0 saturated carbocycles. The third kappa shape index (κ3) is 3.92. The minimum atomic E-state index is -1.15. The molecular weight excluding hydrogens is 244 g/mol. The number of amides is 1. The van der Waals surface area contributed by atoms with Crippen LogP contribution in [0.1, 0.15) is 20.3 Å². The molecule has 96 valence electrons. The second-order valence-electron chi connectivity index (χ2n) is 4.32. The van der Waals surface area contributed by atoms with E-state index in [-0.39, 0.29) is 22.8 Å². The summed E-state index contributed by atoms with van der Waals surface area (Å²) in [6, 6.07) is 0. The molecule has 1 heterocycles. The zero-order valence-electron chi connectivity index (χ0n) is 10.0. The molecule has 0 aliphatic carbocycles. The van der Waals surface area contributed by atoms with Crippen molar-refractivity contribution in [2.45, 2.75) is 31.1 Å². The lowest BCUT2D eigenvalue weighted by Gasteiger charge is -2.22. The quantitative estimate of drug-likeness (QED) is 0.750. The van der Waals surface area contributed by atoms with Crippen LogP contribution in [0.2, 0.25) is 0 Å². The summed E-state index contributed by atoms with van der Waals surface area (Å²) >= 11 is 1.64. The fourth-order valence-electron chi connectivity index (χ4n) is 1.13. The molecule has 0 bridgehead atoms. The Morgan fingerprint density at radius 2 is 2.29 bits per heavy atom. The molecule has 1 aliphatic heterocycles. The molecule has 2 N–H and O–H groups in total. The van der Waals surface area contributed by atoms with Gasteiger partial charge in [0.1, 0.15) is 0 Å². The van der Waals surface area contributed by atoms with Crippen molar-refractivity contribution in [3.05, 3.63) is 0 Å². The average molecular weight is 260 g/mol. The highest BCUT2D eigenvalue weighted by Gasteiger charge is 2.32. The Morgan fingerprint density at radius 3 is 2.76 bits per heavy atom. The highest BCUT2D eigenvalue weighted by Crippen LogP contribution is 2.20. The maximum absolute atomic E-state index is 11.7. The fraction of sp³-hybridized carbons (Fsp3) is 0.700. The number of nitrogens with one attached hydrogen (secondary N) is 1. The van der Waals surface area contributed by atoms with Gasteiger partial charge in [0.25, 0.3) is 5.91 Å². The molecule has 0 saturated heterocycles. The summed E-state index contributed by atoms with van der Waals surface area (Å²) in [5.41, 5.74) is -0.116. The molecule has 0 spiro atoms. The van der Waals surface area contributed by atoms with E-state index in [1.54, 1.807) is 11.8 Å². The van der Waals surface area contributed by atoms with Crippen LogP contribution in [0.15, 0.2) is 5.16 Å². The number of aliphatic carboxylic acids is 1. The van der Waals surface area contributed by atoms with Crippen LogP contribution < -0.4 is 5.32 Å². The largest absolute Gasteiger partial charge is 0.477 e. The average Bonchev–Trinajstić information content (AvgIpc) is 2.75. The Balaban J connectivity index is 2.39. The lowest BCUT2D eigenvalue weighted by molar-refractivity contribution is -0.131. The van der Waals surface area contributed by atoms with Crippen molar-refractivity contribution in [2.75, 3.05) is 12.8 Å². The molecule has 0 aromatic heterocycles. The number of hydrogen-bond acceptors (Lipinski definition) is 5. The van der Waals surface area contributed by atoms with Crippen LogP contribution >= 0.6 is 11.8 Å². The Bertz CT molecular complexity index is 354. The highest BCUT2D eigenvalue weighted by molar-refractivity contribution is 7.99. The van der Waals surface area contributed by atoms with E-state index in [0.717, 1.165) is 0 Å². The maximum Gasteiger partial charge on any atom is 0.353 e. The molecule has 6 nitrogen and oxygen atoms in total. The van der Waals surface area contributed by atoms with E-state index in [1.165, 1.54) is 0 Å². The van der Waals surface area contributed by atoms with Crippen molar-refractivity contribution >= 4 is 29.4 Å². The Morgan fingerprint density at radius 1 is 1.65 bits per heavy atom. The number of nitrogens with zero attached hydrogens (tertiary/aromatic N) is 1. The minimum Gasteiger partial charge on any atom is -0.477 e. The predicted octanol–water partition coefficient (Wildman–Crippen LogP) is 0.474.